The molecule has 142 valence electrons. The number of hydrogen-bond donors (Lipinski definition) is 4. The smallest absolute Gasteiger partial charge is 0.406 e. The number of allylic oxidation sites excluding steroid dienone is 1. The van der Waals surface area contributed by atoms with E-state index in [2.05, 4.69) is 48.1 Å². The summed E-state index contributed by atoms with van der Waals surface area (Å²) in [6, 6.07) is 19.6. The molecule has 0 saturated carbocycles. The van der Waals surface area contributed by atoms with Gasteiger partial charge in [0.15, 0.2) is 0 Å². The Balaban J connectivity index is 0.00000240. The van der Waals surface area contributed by atoms with E-state index in [0.29, 0.717) is 6.54 Å². The fourth-order valence-corrected chi connectivity index (χ4v) is 3.68. The number of hydrogen-bond acceptors (Lipinski definition) is 3. The van der Waals surface area contributed by atoms with E-state index in [0.717, 1.165) is 50.9 Å². The molecule has 3 aromatic rings. The van der Waals surface area contributed by atoms with Gasteiger partial charge in [-0.05, 0) is 17.8 Å². The van der Waals surface area contributed by atoms with Gasteiger partial charge >= 0.3 is 51.4 Å². The molecule has 0 aliphatic heterocycles. The molecule has 0 atom stereocenters. The first kappa shape index (κ1) is 22.1. The van der Waals surface area contributed by atoms with Gasteiger partial charge in [-0.1, -0.05) is 67.6 Å². The summed E-state index contributed by atoms with van der Waals surface area (Å²) in [5.41, 5.74) is 18.7. The number of rotatable bonds is 6. The van der Waals surface area contributed by atoms with E-state index in [9.17, 15) is 0 Å². The maximum absolute atomic E-state index is 6.68. The summed E-state index contributed by atoms with van der Waals surface area (Å²) in [4.78, 5) is 3.34. The predicted molar refractivity (Wildman–Crippen MR) is 118 cm³/mol. The van der Waals surface area contributed by atoms with Crippen LogP contribution in [0, 0.1) is 6.04 Å². The van der Waals surface area contributed by atoms with Crippen LogP contribution >= 0.6 is 0 Å². The van der Waals surface area contributed by atoms with Crippen LogP contribution in [0.4, 0.5) is 0 Å². The molecule has 1 aromatic heterocycles. The van der Waals surface area contributed by atoms with Gasteiger partial charge in [-0.2, -0.15) is 11.1 Å². The van der Waals surface area contributed by atoms with E-state index >= 15 is 0 Å². The SMILES string of the molecule is C=c1[nH]c2ccccc2/c1=C/C(N)=C(/C1=C(C)[C-]1NCCN)c1ccccc1.[K+]. The van der Waals surface area contributed by atoms with E-state index in [1.807, 2.05) is 36.4 Å². The fraction of sp³-hybridized carbons (Fsp3) is 0.125. The molecular weight excluding hydrogens is 383 g/mol. The fourth-order valence-electron chi connectivity index (χ4n) is 3.68. The van der Waals surface area contributed by atoms with Gasteiger partial charge < -0.3 is 21.8 Å². The van der Waals surface area contributed by atoms with Crippen molar-refractivity contribution >= 4 is 29.1 Å². The first-order chi connectivity index (χ1) is 13.6. The van der Waals surface area contributed by atoms with E-state index in [1.54, 1.807) is 0 Å². The van der Waals surface area contributed by atoms with Crippen LogP contribution in [0.2, 0.25) is 0 Å². The third-order valence-corrected chi connectivity index (χ3v) is 5.11. The first-order valence-corrected chi connectivity index (χ1v) is 9.47. The Bertz CT molecular complexity index is 1190. The Morgan fingerprint density at radius 2 is 1.83 bits per heavy atom. The summed E-state index contributed by atoms with van der Waals surface area (Å²) >= 11 is 0. The first-order valence-electron chi connectivity index (χ1n) is 9.47. The maximum atomic E-state index is 6.68. The molecule has 0 fully saturated rings. The van der Waals surface area contributed by atoms with Crippen molar-refractivity contribution in [3.63, 3.8) is 0 Å². The quantitative estimate of drug-likeness (QED) is 0.317. The van der Waals surface area contributed by atoms with Gasteiger partial charge in [-0.3, -0.25) is 0 Å². The molecule has 29 heavy (non-hydrogen) atoms. The number of benzene rings is 2. The van der Waals surface area contributed by atoms with Gasteiger partial charge in [0.1, 0.15) is 0 Å². The second-order valence-corrected chi connectivity index (χ2v) is 6.99. The number of nitrogens with one attached hydrogen (secondary N) is 2. The molecule has 1 heterocycles. The molecule has 0 spiro atoms. The minimum absolute atomic E-state index is 0. The van der Waals surface area contributed by atoms with Gasteiger partial charge in [-0.15, -0.1) is 11.6 Å². The number of fused-ring (bicyclic) bond motifs is 1. The maximum Gasteiger partial charge on any atom is 1.00 e. The molecule has 0 saturated heterocycles. The van der Waals surface area contributed by atoms with Crippen molar-refractivity contribution in [1.29, 1.82) is 0 Å². The third kappa shape index (κ3) is 4.46. The van der Waals surface area contributed by atoms with E-state index in [1.165, 1.54) is 11.1 Å². The summed E-state index contributed by atoms with van der Waals surface area (Å²) in [6.45, 7) is 7.62. The topological polar surface area (TPSA) is 79.9 Å². The monoisotopic (exact) mass is 408 g/mol. The van der Waals surface area contributed by atoms with Crippen molar-refractivity contribution in [2.45, 2.75) is 6.92 Å². The zero-order valence-corrected chi connectivity index (χ0v) is 20.2. The van der Waals surface area contributed by atoms with Crippen LogP contribution in [0.15, 0.2) is 71.4 Å². The minimum atomic E-state index is 0. The molecular formula is C24H25KN4. The molecule has 2 aromatic carbocycles. The van der Waals surface area contributed by atoms with E-state index in [-0.39, 0.29) is 51.4 Å². The summed E-state index contributed by atoms with van der Waals surface area (Å²) in [7, 11) is 0. The van der Waals surface area contributed by atoms with Crippen LogP contribution in [0.1, 0.15) is 12.5 Å². The van der Waals surface area contributed by atoms with Gasteiger partial charge in [-0.25, -0.2) is 0 Å². The summed E-state index contributed by atoms with van der Waals surface area (Å²) in [6.07, 6.45) is 2.03. The molecule has 0 unspecified atom stereocenters. The van der Waals surface area contributed by atoms with Crippen LogP contribution in [0.5, 0.6) is 0 Å². The van der Waals surface area contributed by atoms with Crippen molar-refractivity contribution < 1.29 is 51.4 Å². The molecule has 0 bridgehead atoms. The van der Waals surface area contributed by atoms with Gasteiger partial charge in [0, 0.05) is 34.6 Å². The third-order valence-electron chi connectivity index (χ3n) is 5.11. The Morgan fingerprint density at radius 1 is 1.14 bits per heavy atom. The van der Waals surface area contributed by atoms with Crippen LogP contribution in [-0.2, 0) is 0 Å². The number of nitrogens with two attached hydrogens (primary N) is 2. The number of H-pyrrole nitrogens is 1. The zero-order valence-electron chi connectivity index (χ0n) is 17.0. The molecule has 1 aliphatic carbocycles. The Hall–Kier alpha value is -1.57. The van der Waals surface area contributed by atoms with Crippen molar-refractivity contribution in [3.05, 3.63) is 93.6 Å². The van der Waals surface area contributed by atoms with Crippen molar-refractivity contribution in [1.82, 2.24) is 10.3 Å². The van der Waals surface area contributed by atoms with Crippen LogP contribution in [-0.4, -0.2) is 18.1 Å². The van der Waals surface area contributed by atoms with Gasteiger partial charge in [0.25, 0.3) is 0 Å². The average molecular weight is 409 g/mol. The Labute approximate surface area is 213 Å². The number of aromatic amines is 1. The van der Waals surface area contributed by atoms with Crippen LogP contribution in [0.3, 0.4) is 0 Å². The van der Waals surface area contributed by atoms with E-state index < -0.39 is 0 Å². The predicted octanol–water partition coefficient (Wildman–Crippen LogP) is -0.857. The van der Waals surface area contributed by atoms with E-state index in [4.69, 9.17) is 11.5 Å². The molecule has 6 N–H and O–H groups in total. The molecule has 0 amide bonds. The van der Waals surface area contributed by atoms with Crippen LogP contribution in [0.25, 0.3) is 29.1 Å². The summed E-state index contributed by atoms with van der Waals surface area (Å²) < 4.78 is 0. The molecule has 4 rings (SSSR count). The molecule has 1 aliphatic rings. The standard InChI is InChI=1S/C24H25N4.K/c1-15-22(24(15)27-13-12-25)23(17-8-4-3-5-9-17)20(26)14-19-16(2)28-21-11-7-6-10-18(19)21;/h3-11,14,27-28H,2,12-13,25-26H2,1H3;/q-1;+1/b19-14+,23-20-;. The zero-order chi connectivity index (χ0) is 19.7. The molecule has 5 heteroatoms. The normalized spacial score (nSPS) is 14.8. The largest absolute Gasteiger partial charge is 1.00 e. The number of para-hydroxylation sites is 1. The van der Waals surface area contributed by atoms with Gasteiger partial charge in [0.05, 0.1) is 0 Å². The second-order valence-electron chi connectivity index (χ2n) is 6.99. The van der Waals surface area contributed by atoms with Crippen LogP contribution < -0.4 is 78.7 Å². The second kappa shape index (κ2) is 9.49. The minimum Gasteiger partial charge on any atom is -0.406 e. The van der Waals surface area contributed by atoms with Gasteiger partial charge in [0.2, 0.25) is 0 Å². The summed E-state index contributed by atoms with van der Waals surface area (Å²) in [5.74, 6) is 0. The Kier molecular flexibility index (Phi) is 7.24. The Morgan fingerprint density at radius 3 is 2.55 bits per heavy atom. The number of aromatic nitrogens is 1. The molecule has 0 radical (unpaired) electrons. The summed E-state index contributed by atoms with van der Waals surface area (Å²) in [5, 5.41) is 6.42. The van der Waals surface area contributed by atoms with Crippen molar-refractivity contribution in [3.8, 4) is 0 Å². The average Bonchev–Trinajstić information content (AvgIpc) is 3.21. The van der Waals surface area contributed by atoms with Crippen molar-refractivity contribution in [2.24, 2.45) is 11.5 Å². The van der Waals surface area contributed by atoms with Crippen molar-refractivity contribution in [2.75, 3.05) is 13.1 Å². The molecule has 4 nitrogen and oxygen atoms in total.